The summed E-state index contributed by atoms with van der Waals surface area (Å²) in [7, 11) is 0. The van der Waals surface area contributed by atoms with Gasteiger partial charge >= 0.3 is 0 Å². The molecule has 6 rings (SSSR count). The topological polar surface area (TPSA) is 56.4 Å². The zero-order chi connectivity index (χ0) is 19.7. The van der Waals surface area contributed by atoms with Crippen molar-refractivity contribution >= 4 is 34.3 Å². The van der Waals surface area contributed by atoms with Crippen LogP contribution in [0.1, 0.15) is 35.7 Å². The van der Waals surface area contributed by atoms with E-state index in [1.54, 1.807) is 0 Å². The molecule has 0 spiro atoms. The number of H-pyrrole nitrogens is 1. The number of piperazine rings is 1. The van der Waals surface area contributed by atoms with Crippen LogP contribution < -0.4 is 0 Å². The molecule has 3 heterocycles. The quantitative estimate of drug-likeness (QED) is 0.707. The zero-order valence-corrected chi connectivity index (χ0v) is 16.5. The van der Waals surface area contributed by atoms with Crippen molar-refractivity contribution in [3.05, 3.63) is 70.4 Å². The van der Waals surface area contributed by atoms with E-state index in [1.165, 1.54) is 0 Å². The second-order valence-corrected chi connectivity index (χ2v) is 8.67. The number of halogens is 1. The molecule has 1 saturated carbocycles. The average Bonchev–Trinajstić information content (AvgIpc) is 3.50. The summed E-state index contributed by atoms with van der Waals surface area (Å²) in [5.41, 5.74) is 4.15. The first-order valence-electron chi connectivity index (χ1n) is 10.1. The van der Waals surface area contributed by atoms with Crippen molar-refractivity contribution < 1.29 is 9.59 Å². The van der Waals surface area contributed by atoms with Gasteiger partial charge in [0.25, 0.3) is 0 Å². The summed E-state index contributed by atoms with van der Waals surface area (Å²) in [6.07, 6.45) is 2.56. The predicted molar refractivity (Wildman–Crippen MR) is 111 cm³/mol. The minimum Gasteiger partial charge on any atom is -0.356 e. The van der Waals surface area contributed by atoms with Crippen LogP contribution in [0.5, 0.6) is 0 Å². The molecule has 1 aromatic heterocycles. The van der Waals surface area contributed by atoms with Crippen molar-refractivity contribution in [1.82, 2.24) is 14.8 Å². The van der Waals surface area contributed by atoms with E-state index in [0.29, 0.717) is 11.4 Å². The van der Waals surface area contributed by atoms with Gasteiger partial charge in [0.05, 0.1) is 6.04 Å². The Morgan fingerprint density at radius 2 is 1.76 bits per heavy atom. The minimum absolute atomic E-state index is 0.0192. The van der Waals surface area contributed by atoms with Crippen LogP contribution in [0.3, 0.4) is 0 Å². The largest absolute Gasteiger partial charge is 0.356 e. The van der Waals surface area contributed by atoms with Gasteiger partial charge < -0.3 is 14.8 Å². The molecule has 2 unspecified atom stereocenters. The Morgan fingerprint density at radius 3 is 2.52 bits per heavy atom. The molecule has 2 fully saturated rings. The maximum Gasteiger partial charge on any atom is 0.246 e. The molecule has 0 bridgehead atoms. The Kier molecular flexibility index (Phi) is 3.60. The molecule has 2 atom stereocenters. The maximum atomic E-state index is 13.4. The van der Waals surface area contributed by atoms with Gasteiger partial charge in [-0.25, -0.2) is 0 Å². The lowest BCUT2D eigenvalue weighted by molar-refractivity contribution is -0.159. The van der Waals surface area contributed by atoms with E-state index in [4.69, 9.17) is 11.6 Å². The van der Waals surface area contributed by atoms with Gasteiger partial charge in [-0.1, -0.05) is 41.9 Å². The lowest BCUT2D eigenvalue weighted by Crippen LogP contribution is -2.63. The van der Waals surface area contributed by atoms with Gasteiger partial charge in [-0.2, -0.15) is 0 Å². The van der Waals surface area contributed by atoms with Crippen molar-refractivity contribution in [3.8, 4) is 0 Å². The third-order valence-corrected chi connectivity index (χ3v) is 6.72. The number of hydrogen-bond acceptors (Lipinski definition) is 2. The normalized spacial score (nSPS) is 24.0. The number of nitrogens with zero attached hydrogens (tertiary/aromatic N) is 2. The predicted octanol–water partition coefficient (Wildman–Crippen LogP) is 3.67. The minimum atomic E-state index is -0.454. The zero-order valence-electron chi connectivity index (χ0n) is 15.8. The van der Waals surface area contributed by atoms with Gasteiger partial charge in [-0.15, -0.1) is 0 Å². The van der Waals surface area contributed by atoms with E-state index < -0.39 is 6.04 Å². The average molecular weight is 406 g/mol. The Labute approximate surface area is 173 Å². The summed E-state index contributed by atoms with van der Waals surface area (Å²) in [5, 5.41) is 1.78. The van der Waals surface area contributed by atoms with E-state index in [0.717, 1.165) is 40.6 Å². The number of fused-ring (bicyclic) bond motifs is 4. The molecule has 146 valence electrons. The number of para-hydroxylation sites is 1. The number of carbonyl (C=O) groups excluding carboxylic acids is 2. The molecule has 1 aliphatic carbocycles. The number of amides is 2. The standard InChI is InChI=1S/C23H20ClN3O2/c24-14-7-5-13(6-8-14)22-21-17(16-3-1-2-4-18(16)25-21)11-19-23(29)26(15-9-10-15)12-20(28)27(19)22/h1-8,15,19,22,25H,9-12H2. The first-order valence-corrected chi connectivity index (χ1v) is 10.5. The number of benzene rings is 2. The van der Waals surface area contributed by atoms with E-state index in [2.05, 4.69) is 11.1 Å². The Hall–Kier alpha value is -2.79. The Balaban J connectivity index is 1.55. The SMILES string of the molecule is O=C1C2Cc3c([nH]c4ccccc34)C(c3ccc(Cl)cc3)N2C(=O)CN1C1CC1. The second-order valence-electron chi connectivity index (χ2n) is 8.24. The van der Waals surface area contributed by atoms with Gasteiger partial charge in [-0.3, -0.25) is 9.59 Å². The molecule has 2 aromatic carbocycles. The van der Waals surface area contributed by atoms with Crippen molar-refractivity contribution in [2.24, 2.45) is 0 Å². The highest BCUT2D eigenvalue weighted by Crippen LogP contribution is 2.43. The van der Waals surface area contributed by atoms with Crippen LogP contribution in [0.2, 0.25) is 5.02 Å². The van der Waals surface area contributed by atoms with E-state index in [-0.39, 0.29) is 30.4 Å². The fourth-order valence-electron chi connectivity index (χ4n) is 4.97. The van der Waals surface area contributed by atoms with Crippen LogP contribution in [0.15, 0.2) is 48.5 Å². The molecule has 3 aromatic rings. The van der Waals surface area contributed by atoms with Crippen LogP contribution in [0, 0.1) is 0 Å². The summed E-state index contributed by atoms with van der Waals surface area (Å²) >= 11 is 6.12. The fourth-order valence-corrected chi connectivity index (χ4v) is 5.10. The molecule has 5 nitrogen and oxygen atoms in total. The van der Waals surface area contributed by atoms with Gasteiger partial charge in [0.2, 0.25) is 11.8 Å². The molecule has 2 aliphatic heterocycles. The maximum absolute atomic E-state index is 13.4. The van der Waals surface area contributed by atoms with Crippen LogP contribution in [-0.2, 0) is 16.0 Å². The number of hydrogen-bond donors (Lipinski definition) is 1. The summed E-state index contributed by atoms with van der Waals surface area (Å²) in [4.78, 5) is 33.8. The number of aromatic nitrogens is 1. The lowest BCUT2D eigenvalue weighted by Gasteiger charge is -2.47. The van der Waals surface area contributed by atoms with Crippen molar-refractivity contribution in [3.63, 3.8) is 0 Å². The lowest BCUT2D eigenvalue weighted by atomic mass is 9.86. The molecular formula is C23H20ClN3O2. The fraction of sp³-hybridized carbons (Fsp3) is 0.304. The van der Waals surface area contributed by atoms with Crippen LogP contribution in [0.4, 0.5) is 0 Å². The highest BCUT2D eigenvalue weighted by atomic mass is 35.5. The Morgan fingerprint density at radius 1 is 1.00 bits per heavy atom. The number of aromatic amines is 1. The van der Waals surface area contributed by atoms with Gasteiger partial charge in [-0.05, 0) is 42.2 Å². The summed E-state index contributed by atoms with van der Waals surface area (Å²) in [6.45, 7) is 0.180. The van der Waals surface area contributed by atoms with E-state index in [9.17, 15) is 9.59 Å². The molecule has 1 N–H and O–H groups in total. The van der Waals surface area contributed by atoms with Crippen LogP contribution >= 0.6 is 11.6 Å². The van der Waals surface area contributed by atoms with Crippen LogP contribution in [0.25, 0.3) is 10.9 Å². The number of nitrogens with one attached hydrogen (secondary N) is 1. The first-order chi connectivity index (χ1) is 14.1. The summed E-state index contributed by atoms with van der Waals surface area (Å²) < 4.78 is 0. The molecule has 29 heavy (non-hydrogen) atoms. The second kappa shape index (κ2) is 6.10. The molecule has 6 heteroatoms. The smallest absolute Gasteiger partial charge is 0.246 e. The molecule has 1 saturated heterocycles. The number of rotatable bonds is 2. The van der Waals surface area contributed by atoms with E-state index in [1.807, 2.05) is 52.3 Å². The van der Waals surface area contributed by atoms with Gasteiger partial charge in [0.1, 0.15) is 12.6 Å². The first kappa shape index (κ1) is 17.1. The van der Waals surface area contributed by atoms with Crippen LogP contribution in [-0.4, -0.2) is 45.2 Å². The Bertz CT molecular complexity index is 1150. The van der Waals surface area contributed by atoms with Crippen molar-refractivity contribution in [2.45, 2.75) is 37.4 Å². The van der Waals surface area contributed by atoms with Gasteiger partial charge in [0.15, 0.2) is 0 Å². The molecule has 3 aliphatic rings. The molecule has 2 amide bonds. The summed E-state index contributed by atoms with van der Waals surface area (Å²) in [6, 6.07) is 15.2. The number of carbonyl (C=O) groups is 2. The van der Waals surface area contributed by atoms with Gasteiger partial charge in [0, 0.05) is 34.1 Å². The summed E-state index contributed by atoms with van der Waals surface area (Å²) in [5.74, 6) is 0.104. The highest BCUT2D eigenvalue weighted by Gasteiger charge is 2.50. The third kappa shape index (κ3) is 2.53. The van der Waals surface area contributed by atoms with Crippen molar-refractivity contribution in [2.75, 3.05) is 6.54 Å². The van der Waals surface area contributed by atoms with E-state index >= 15 is 0 Å². The molecule has 0 radical (unpaired) electrons. The third-order valence-electron chi connectivity index (χ3n) is 6.47. The van der Waals surface area contributed by atoms with Crippen molar-refractivity contribution in [1.29, 1.82) is 0 Å². The monoisotopic (exact) mass is 405 g/mol. The molecular weight excluding hydrogens is 386 g/mol. The highest BCUT2D eigenvalue weighted by molar-refractivity contribution is 6.30.